The molecule has 1 N–H and O–H groups in total. The third-order valence-electron chi connectivity index (χ3n) is 5.76. The van der Waals surface area contributed by atoms with Crippen molar-refractivity contribution < 1.29 is 14.3 Å². The molecular weight excluding hydrogens is 464 g/mol. The number of methoxy groups -OCH3 is 2. The van der Waals surface area contributed by atoms with Crippen LogP contribution in [0.5, 0.6) is 11.5 Å². The van der Waals surface area contributed by atoms with Gasteiger partial charge in [-0.25, -0.2) is 0 Å². The lowest BCUT2D eigenvalue weighted by Gasteiger charge is -2.20. The average molecular weight is 487 g/mol. The summed E-state index contributed by atoms with van der Waals surface area (Å²) in [5, 5.41) is 15.6. The third-order valence-corrected chi connectivity index (χ3v) is 6.72. The molecule has 9 nitrogen and oxygen atoms in total. The molecule has 0 radical (unpaired) electrons. The van der Waals surface area contributed by atoms with Crippen LogP contribution in [-0.4, -0.2) is 50.7 Å². The number of thioether (sulfide) groups is 1. The number of pyridine rings is 1. The van der Waals surface area contributed by atoms with Crippen molar-refractivity contribution in [3.63, 3.8) is 0 Å². The molecule has 176 valence electrons. The molecule has 0 unspecified atom stereocenters. The van der Waals surface area contributed by atoms with Gasteiger partial charge in [0.05, 0.1) is 25.5 Å². The van der Waals surface area contributed by atoms with Crippen LogP contribution in [0.2, 0.25) is 0 Å². The molecule has 2 aromatic heterocycles. The Balaban J connectivity index is 1.52. The van der Waals surface area contributed by atoms with Crippen LogP contribution in [0.4, 0.5) is 0 Å². The average Bonchev–Trinajstić information content (AvgIpc) is 3.42. The number of carbonyl (C=O) groups is 1. The molecule has 1 aromatic carbocycles. The molecular formula is C25H22N6O3S. The summed E-state index contributed by atoms with van der Waals surface area (Å²) >= 11 is 1.25. The summed E-state index contributed by atoms with van der Waals surface area (Å²) in [4.78, 5) is 21.2. The van der Waals surface area contributed by atoms with Gasteiger partial charge in [-0.05, 0) is 67.6 Å². The predicted molar refractivity (Wildman–Crippen MR) is 137 cm³/mol. The van der Waals surface area contributed by atoms with E-state index in [1.807, 2.05) is 54.8 Å². The normalized spacial score (nSPS) is 16.3. The molecule has 0 spiro atoms. The number of aliphatic imine (C=N–C) groups is 1. The Morgan fingerprint density at radius 3 is 2.66 bits per heavy atom. The number of rotatable bonds is 5. The fraction of sp³-hybridized carbons (Fsp3) is 0.160. The minimum atomic E-state index is -0.469. The molecule has 35 heavy (non-hydrogen) atoms. The first-order valence-electron chi connectivity index (χ1n) is 10.7. The van der Waals surface area contributed by atoms with Crippen LogP contribution in [0.3, 0.4) is 0 Å². The van der Waals surface area contributed by atoms with Gasteiger partial charge in [0.1, 0.15) is 16.5 Å². The fourth-order valence-corrected chi connectivity index (χ4v) is 4.91. The molecule has 5 rings (SSSR count). The highest BCUT2D eigenvalue weighted by Crippen LogP contribution is 2.34. The Morgan fingerprint density at radius 1 is 1.11 bits per heavy atom. The van der Waals surface area contributed by atoms with Crippen LogP contribution in [0, 0.1) is 19.3 Å². The van der Waals surface area contributed by atoms with Crippen LogP contribution >= 0.6 is 11.8 Å². The van der Waals surface area contributed by atoms with Crippen LogP contribution < -0.4 is 9.47 Å². The number of amidine groups is 2. The van der Waals surface area contributed by atoms with Crippen molar-refractivity contribution in [1.29, 1.82) is 5.41 Å². The summed E-state index contributed by atoms with van der Waals surface area (Å²) in [6.07, 6.45) is 5.07. The number of benzene rings is 1. The van der Waals surface area contributed by atoms with Gasteiger partial charge in [-0.3, -0.25) is 15.2 Å². The van der Waals surface area contributed by atoms with Gasteiger partial charge in [0, 0.05) is 35.4 Å². The first-order chi connectivity index (χ1) is 16.9. The zero-order valence-corrected chi connectivity index (χ0v) is 20.4. The highest BCUT2D eigenvalue weighted by molar-refractivity contribution is 8.27. The van der Waals surface area contributed by atoms with E-state index >= 15 is 0 Å². The molecule has 0 atom stereocenters. The number of amides is 1. The lowest BCUT2D eigenvalue weighted by Crippen LogP contribution is -2.35. The van der Waals surface area contributed by atoms with Crippen molar-refractivity contribution in [2.75, 3.05) is 14.2 Å². The predicted octanol–water partition coefficient (Wildman–Crippen LogP) is 4.17. The number of hydrogen-bond donors (Lipinski definition) is 1. The summed E-state index contributed by atoms with van der Waals surface area (Å²) in [7, 11) is 3.22. The molecule has 0 fully saturated rings. The Morgan fingerprint density at radius 2 is 1.94 bits per heavy atom. The van der Waals surface area contributed by atoms with Gasteiger partial charge in [-0.2, -0.15) is 15.1 Å². The van der Waals surface area contributed by atoms with Gasteiger partial charge in [-0.15, -0.1) is 0 Å². The molecule has 4 heterocycles. The fourth-order valence-electron chi connectivity index (χ4n) is 4.03. The third kappa shape index (κ3) is 3.91. The molecule has 0 aliphatic carbocycles. The van der Waals surface area contributed by atoms with Gasteiger partial charge >= 0.3 is 0 Å². The first-order valence-corrected chi connectivity index (χ1v) is 11.5. The molecule has 1 amide bonds. The number of nitrogens with one attached hydrogen (secondary N) is 1. The van der Waals surface area contributed by atoms with E-state index in [1.54, 1.807) is 32.7 Å². The number of aryl methyl sites for hydroxylation is 1. The van der Waals surface area contributed by atoms with Crippen molar-refractivity contribution >= 4 is 39.8 Å². The Kier molecular flexibility index (Phi) is 5.73. The second-order valence-corrected chi connectivity index (χ2v) is 8.82. The van der Waals surface area contributed by atoms with Crippen LogP contribution in [0.15, 0.2) is 64.5 Å². The van der Waals surface area contributed by atoms with E-state index in [0.717, 1.165) is 28.2 Å². The van der Waals surface area contributed by atoms with Crippen LogP contribution in [0.25, 0.3) is 11.8 Å². The standard InChI is InChI=1S/C25H22N6O3S/c1-14-10-17(15(2)30(14)20-8-7-18(33-3)12-21(20)34-4)11-19-22(26)31-25(28-23(19)32)35-24(29-31)16-6-5-9-27-13-16/h5-13,26H,1-4H3/b19-11-,26-22?. The molecule has 10 heteroatoms. The van der Waals surface area contributed by atoms with E-state index in [9.17, 15) is 4.79 Å². The number of hydrogen-bond acceptors (Lipinski definition) is 7. The number of aromatic nitrogens is 2. The van der Waals surface area contributed by atoms with Gasteiger partial charge in [0.25, 0.3) is 5.91 Å². The Bertz CT molecular complexity index is 1460. The molecule has 0 bridgehead atoms. The zero-order valence-electron chi connectivity index (χ0n) is 19.6. The van der Waals surface area contributed by atoms with E-state index in [-0.39, 0.29) is 11.4 Å². The number of carbonyl (C=O) groups excluding carboxylic acids is 1. The maximum absolute atomic E-state index is 12.9. The Hall–Kier alpha value is -4.18. The van der Waals surface area contributed by atoms with Gasteiger partial charge < -0.3 is 14.0 Å². The lowest BCUT2D eigenvalue weighted by molar-refractivity contribution is -0.114. The topological polar surface area (TPSA) is 105 Å². The molecule has 0 saturated heterocycles. The summed E-state index contributed by atoms with van der Waals surface area (Å²) in [5.41, 5.74) is 4.47. The minimum Gasteiger partial charge on any atom is -0.497 e. The van der Waals surface area contributed by atoms with Gasteiger partial charge in [0.2, 0.25) is 5.17 Å². The van der Waals surface area contributed by atoms with Gasteiger partial charge in [-0.1, -0.05) is 0 Å². The summed E-state index contributed by atoms with van der Waals surface area (Å²) in [6, 6.07) is 11.3. The summed E-state index contributed by atoms with van der Waals surface area (Å²) in [5.74, 6) is 0.869. The number of ether oxygens (including phenoxy) is 2. The molecule has 2 aliphatic rings. The van der Waals surface area contributed by atoms with Crippen molar-refractivity contribution in [1.82, 2.24) is 14.6 Å². The molecule has 2 aliphatic heterocycles. The quantitative estimate of drug-likeness (QED) is 0.543. The second-order valence-electron chi connectivity index (χ2n) is 7.87. The van der Waals surface area contributed by atoms with Crippen LogP contribution in [-0.2, 0) is 4.79 Å². The lowest BCUT2D eigenvalue weighted by atomic mass is 10.1. The monoisotopic (exact) mass is 486 g/mol. The van der Waals surface area contributed by atoms with Gasteiger partial charge in [0.15, 0.2) is 5.84 Å². The number of fused-ring (bicyclic) bond motifs is 1. The Labute approximate surface area is 206 Å². The summed E-state index contributed by atoms with van der Waals surface area (Å²) in [6.45, 7) is 3.93. The smallest absolute Gasteiger partial charge is 0.283 e. The number of hydrazone groups is 1. The van der Waals surface area contributed by atoms with Crippen molar-refractivity contribution in [3.8, 4) is 17.2 Å². The molecule has 3 aromatic rings. The highest BCUT2D eigenvalue weighted by atomic mass is 32.2. The molecule has 0 saturated carbocycles. The van der Waals surface area contributed by atoms with E-state index in [0.29, 0.717) is 21.7 Å². The minimum absolute atomic E-state index is 0.0155. The van der Waals surface area contributed by atoms with E-state index in [4.69, 9.17) is 14.9 Å². The zero-order chi connectivity index (χ0) is 24.7. The van der Waals surface area contributed by atoms with E-state index in [2.05, 4.69) is 15.1 Å². The summed E-state index contributed by atoms with van der Waals surface area (Å²) < 4.78 is 12.9. The maximum Gasteiger partial charge on any atom is 0.283 e. The highest BCUT2D eigenvalue weighted by Gasteiger charge is 2.36. The SMILES string of the molecule is COc1ccc(-n2c(C)cc(/C=C3/C(=N)N4N=C(c5cccnc5)SC4=NC3=O)c2C)c(OC)c1. The van der Waals surface area contributed by atoms with Crippen LogP contribution in [0.1, 0.15) is 22.5 Å². The van der Waals surface area contributed by atoms with Crippen molar-refractivity contribution in [2.45, 2.75) is 13.8 Å². The van der Waals surface area contributed by atoms with E-state index in [1.165, 1.54) is 16.8 Å². The largest absolute Gasteiger partial charge is 0.497 e. The van der Waals surface area contributed by atoms with Crippen molar-refractivity contribution in [3.05, 3.63) is 76.9 Å². The van der Waals surface area contributed by atoms with Crippen molar-refractivity contribution in [2.24, 2.45) is 10.1 Å². The second kappa shape index (κ2) is 8.88. The number of nitrogens with zero attached hydrogens (tertiary/aromatic N) is 5. The van der Waals surface area contributed by atoms with E-state index < -0.39 is 5.91 Å². The first kappa shape index (κ1) is 22.6. The maximum atomic E-state index is 12.9.